The first-order valence-corrected chi connectivity index (χ1v) is 7.96. The Morgan fingerprint density at radius 2 is 1.95 bits per heavy atom. The fourth-order valence-corrected chi connectivity index (χ4v) is 3.04. The highest BCUT2D eigenvalue weighted by Crippen LogP contribution is 2.32. The lowest BCUT2D eigenvalue weighted by Crippen LogP contribution is -2.51. The van der Waals surface area contributed by atoms with Crippen LogP contribution in [0.1, 0.15) is 47.5 Å². The van der Waals surface area contributed by atoms with Gasteiger partial charge in [-0.1, -0.05) is 13.8 Å². The zero-order valence-corrected chi connectivity index (χ0v) is 14.5. The number of methoxy groups -OCH3 is 1. The molecule has 0 unspecified atom stereocenters. The van der Waals surface area contributed by atoms with Gasteiger partial charge in [-0.15, -0.1) is 0 Å². The summed E-state index contributed by atoms with van der Waals surface area (Å²) in [6.07, 6.45) is 3.03. The summed E-state index contributed by atoms with van der Waals surface area (Å²) in [6, 6.07) is -0.115. The van der Waals surface area contributed by atoms with Gasteiger partial charge in [-0.2, -0.15) is 0 Å². The fourth-order valence-electron chi connectivity index (χ4n) is 3.04. The van der Waals surface area contributed by atoms with Gasteiger partial charge in [-0.05, 0) is 44.6 Å². The largest absolute Gasteiger partial charge is 0.466 e. The summed E-state index contributed by atoms with van der Waals surface area (Å²) in [6.45, 7) is 9.68. The molecule has 0 fully saturated rings. The van der Waals surface area contributed by atoms with Crippen LogP contribution in [0.25, 0.3) is 0 Å². The van der Waals surface area contributed by atoms with Gasteiger partial charge < -0.3 is 14.8 Å². The van der Waals surface area contributed by atoms with E-state index in [4.69, 9.17) is 9.47 Å². The molecule has 5 heteroatoms. The van der Waals surface area contributed by atoms with E-state index in [2.05, 4.69) is 19.2 Å². The van der Waals surface area contributed by atoms with Crippen LogP contribution in [0, 0.1) is 11.8 Å². The number of hydrogen-bond acceptors (Lipinski definition) is 4. The van der Waals surface area contributed by atoms with Gasteiger partial charge in [-0.25, -0.2) is 4.79 Å². The zero-order valence-electron chi connectivity index (χ0n) is 14.5. The standard InChI is InChI=1S/C17H29NO4/c1-10(2)7-13-8-14(17(20)21-6)9-15(22-11(3)4)16(13)18-12(5)19/h9-11,13,15-16H,7-8H2,1-6H3,(H,18,19)/t13-,15+,16+/m0/s1. The average molecular weight is 311 g/mol. The molecule has 0 radical (unpaired) electrons. The molecule has 1 aliphatic rings. The molecule has 22 heavy (non-hydrogen) atoms. The van der Waals surface area contributed by atoms with Crippen LogP contribution in [0.15, 0.2) is 11.6 Å². The lowest BCUT2D eigenvalue weighted by atomic mass is 9.78. The minimum Gasteiger partial charge on any atom is -0.466 e. The number of amides is 1. The maximum absolute atomic E-state index is 11.9. The highest BCUT2D eigenvalue weighted by Gasteiger charge is 2.37. The molecule has 0 bridgehead atoms. The van der Waals surface area contributed by atoms with Crippen molar-refractivity contribution >= 4 is 11.9 Å². The average Bonchev–Trinajstić information content (AvgIpc) is 2.39. The minimum atomic E-state index is -0.313. The van der Waals surface area contributed by atoms with E-state index in [0.717, 1.165) is 6.42 Å². The maximum Gasteiger partial charge on any atom is 0.333 e. The van der Waals surface area contributed by atoms with E-state index in [1.54, 1.807) is 0 Å². The highest BCUT2D eigenvalue weighted by atomic mass is 16.5. The first-order chi connectivity index (χ1) is 10.2. The van der Waals surface area contributed by atoms with E-state index in [1.807, 2.05) is 19.9 Å². The van der Waals surface area contributed by atoms with Crippen LogP contribution in [0.4, 0.5) is 0 Å². The Kier molecular flexibility index (Phi) is 7.07. The van der Waals surface area contributed by atoms with Crippen molar-refractivity contribution in [2.24, 2.45) is 11.8 Å². The van der Waals surface area contributed by atoms with Crippen molar-refractivity contribution in [1.29, 1.82) is 0 Å². The molecule has 0 saturated heterocycles. The molecule has 126 valence electrons. The van der Waals surface area contributed by atoms with Crippen LogP contribution in [-0.4, -0.2) is 37.2 Å². The molecule has 3 atom stereocenters. The first kappa shape index (κ1) is 18.7. The van der Waals surface area contributed by atoms with E-state index < -0.39 is 0 Å². The minimum absolute atomic E-state index is 0.00852. The van der Waals surface area contributed by atoms with Gasteiger partial charge in [0.2, 0.25) is 5.91 Å². The number of hydrogen-bond donors (Lipinski definition) is 1. The van der Waals surface area contributed by atoms with Crippen molar-refractivity contribution in [3.8, 4) is 0 Å². The summed E-state index contributed by atoms with van der Waals surface area (Å²) in [5.41, 5.74) is 0.639. The molecule has 1 N–H and O–H groups in total. The predicted molar refractivity (Wildman–Crippen MR) is 85.3 cm³/mol. The van der Waals surface area contributed by atoms with Gasteiger partial charge in [0.1, 0.15) is 0 Å². The van der Waals surface area contributed by atoms with E-state index in [1.165, 1.54) is 14.0 Å². The summed E-state index contributed by atoms with van der Waals surface area (Å²) in [5.74, 6) is 0.239. The van der Waals surface area contributed by atoms with E-state index in [0.29, 0.717) is 17.9 Å². The number of carbonyl (C=O) groups is 2. The number of esters is 1. The molecular weight excluding hydrogens is 282 g/mol. The van der Waals surface area contributed by atoms with E-state index >= 15 is 0 Å². The molecule has 0 saturated carbocycles. The van der Waals surface area contributed by atoms with Gasteiger partial charge in [0.25, 0.3) is 0 Å². The Bertz CT molecular complexity index is 428. The Morgan fingerprint density at radius 3 is 2.41 bits per heavy atom. The second kappa shape index (κ2) is 8.32. The third-order valence-electron chi connectivity index (χ3n) is 3.73. The van der Waals surface area contributed by atoms with Crippen molar-refractivity contribution in [2.45, 2.75) is 65.7 Å². The molecule has 0 aliphatic heterocycles. The topological polar surface area (TPSA) is 64.6 Å². The molecule has 0 aromatic rings. The van der Waals surface area contributed by atoms with E-state index in [9.17, 15) is 9.59 Å². The normalized spacial score (nSPS) is 25.1. The monoisotopic (exact) mass is 311 g/mol. The summed E-state index contributed by atoms with van der Waals surface area (Å²) < 4.78 is 10.8. The zero-order chi connectivity index (χ0) is 16.9. The van der Waals surface area contributed by atoms with Gasteiger partial charge in [0.05, 0.1) is 25.4 Å². The van der Waals surface area contributed by atoms with Crippen molar-refractivity contribution in [3.05, 3.63) is 11.6 Å². The number of carbonyl (C=O) groups excluding carboxylic acids is 2. The fraction of sp³-hybridized carbons (Fsp3) is 0.765. The van der Waals surface area contributed by atoms with Crippen LogP contribution >= 0.6 is 0 Å². The molecule has 1 aliphatic carbocycles. The van der Waals surface area contributed by atoms with Gasteiger partial charge >= 0.3 is 5.97 Å². The van der Waals surface area contributed by atoms with Gasteiger partial charge in [0, 0.05) is 12.5 Å². The molecular formula is C17H29NO4. The van der Waals surface area contributed by atoms with E-state index in [-0.39, 0.29) is 36.0 Å². The van der Waals surface area contributed by atoms with Crippen LogP contribution < -0.4 is 5.32 Å². The number of rotatable bonds is 6. The Morgan fingerprint density at radius 1 is 1.32 bits per heavy atom. The van der Waals surface area contributed by atoms with Gasteiger partial charge in [-0.3, -0.25) is 4.79 Å². The molecule has 5 nitrogen and oxygen atoms in total. The maximum atomic E-state index is 11.9. The van der Waals surface area contributed by atoms with Crippen LogP contribution in [0.5, 0.6) is 0 Å². The molecule has 1 amide bonds. The molecule has 1 rings (SSSR count). The smallest absolute Gasteiger partial charge is 0.333 e. The Labute approximate surface area is 133 Å². The van der Waals surface area contributed by atoms with Crippen molar-refractivity contribution in [3.63, 3.8) is 0 Å². The Balaban J connectivity index is 3.10. The lowest BCUT2D eigenvalue weighted by Gasteiger charge is -2.38. The van der Waals surface area contributed by atoms with Gasteiger partial charge in [0.15, 0.2) is 0 Å². The summed E-state index contributed by atoms with van der Waals surface area (Å²) in [7, 11) is 1.39. The second-order valence-electron chi connectivity index (χ2n) is 6.65. The third-order valence-corrected chi connectivity index (χ3v) is 3.73. The predicted octanol–water partition coefficient (Wildman–Crippen LogP) is 2.45. The molecule has 0 heterocycles. The van der Waals surface area contributed by atoms with Crippen LogP contribution in [0.3, 0.4) is 0 Å². The lowest BCUT2D eigenvalue weighted by molar-refractivity contribution is -0.137. The van der Waals surface area contributed by atoms with Crippen molar-refractivity contribution in [2.75, 3.05) is 7.11 Å². The van der Waals surface area contributed by atoms with Crippen LogP contribution in [-0.2, 0) is 19.1 Å². The highest BCUT2D eigenvalue weighted by molar-refractivity contribution is 5.88. The second-order valence-corrected chi connectivity index (χ2v) is 6.65. The van der Waals surface area contributed by atoms with Crippen molar-refractivity contribution in [1.82, 2.24) is 5.32 Å². The molecule has 0 aromatic carbocycles. The quantitative estimate of drug-likeness (QED) is 0.765. The summed E-state index contributed by atoms with van der Waals surface area (Å²) in [5, 5.41) is 3.01. The SMILES string of the molecule is COC(=O)C1=C[C@@H](OC(C)C)[C@H](NC(C)=O)[C@@H](CC(C)C)C1. The summed E-state index contributed by atoms with van der Waals surface area (Å²) in [4.78, 5) is 23.5. The number of nitrogens with one attached hydrogen (secondary N) is 1. The number of ether oxygens (including phenoxy) is 2. The van der Waals surface area contributed by atoms with Crippen LogP contribution in [0.2, 0.25) is 0 Å². The molecule has 0 spiro atoms. The molecule has 0 aromatic heterocycles. The Hall–Kier alpha value is -1.36. The summed E-state index contributed by atoms with van der Waals surface area (Å²) >= 11 is 0. The van der Waals surface area contributed by atoms with Crippen molar-refractivity contribution < 1.29 is 19.1 Å². The first-order valence-electron chi connectivity index (χ1n) is 7.96. The third kappa shape index (κ3) is 5.44.